The fourth-order valence-electron chi connectivity index (χ4n) is 1.83. The molecular formula is C15H11Cl2N3O3. The highest BCUT2D eigenvalue weighted by molar-refractivity contribution is 6.36. The Hall–Kier alpha value is -2.44. The number of carbonyl (C=O) groups is 1. The van der Waals surface area contributed by atoms with E-state index in [9.17, 15) is 14.9 Å². The van der Waals surface area contributed by atoms with Gasteiger partial charge < -0.3 is 0 Å². The second-order valence-electron chi connectivity index (χ2n) is 4.62. The third-order valence-corrected chi connectivity index (χ3v) is 3.55. The number of halogens is 2. The summed E-state index contributed by atoms with van der Waals surface area (Å²) in [6, 6.07) is 8.95. The quantitative estimate of drug-likeness (QED) is 0.513. The van der Waals surface area contributed by atoms with Gasteiger partial charge in [0, 0.05) is 27.8 Å². The molecule has 6 nitrogen and oxygen atoms in total. The first-order valence-corrected chi connectivity index (χ1v) is 7.17. The van der Waals surface area contributed by atoms with Gasteiger partial charge in [-0.05, 0) is 31.2 Å². The van der Waals surface area contributed by atoms with Crippen LogP contribution < -0.4 is 5.43 Å². The van der Waals surface area contributed by atoms with Crippen molar-refractivity contribution in [2.75, 3.05) is 0 Å². The summed E-state index contributed by atoms with van der Waals surface area (Å²) >= 11 is 11.8. The topological polar surface area (TPSA) is 84.6 Å². The lowest BCUT2D eigenvalue weighted by Crippen LogP contribution is -2.17. The second-order valence-corrected chi connectivity index (χ2v) is 5.47. The van der Waals surface area contributed by atoms with Crippen molar-refractivity contribution in [1.29, 1.82) is 0 Å². The molecule has 2 aromatic rings. The third-order valence-electron chi connectivity index (χ3n) is 2.99. The number of hydrogen-bond acceptors (Lipinski definition) is 4. The predicted molar refractivity (Wildman–Crippen MR) is 89.4 cm³/mol. The molecule has 2 aromatic carbocycles. The maximum atomic E-state index is 12.0. The summed E-state index contributed by atoms with van der Waals surface area (Å²) in [6.07, 6.45) is 1.38. The number of nitro benzene ring substituents is 1. The van der Waals surface area contributed by atoms with Gasteiger partial charge in [0.1, 0.15) is 0 Å². The van der Waals surface area contributed by atoms with Crippen LogP contribution in [0.25, 0.3) is 0 Å². The highest BCUT2D eigenvalue weighted by atomic mass is 35.5. The number of hydrazone groups is 1. The molecule has 0 aliphatic heterocycles. The monoisotopic (exact) mass is 351 g/mol. The van der Waals surface area contributed by atoms with Crippen LogP contribution in [0.2, 0.25) is 10.0 Å². The van der Waals surface area contributed by atoms with Crippen molar-refractivity contribution >= 4 is 41.0 Å². The number of carbonyl (C=O) groups excluding carboxylic acids is 1. The smallest absolute Gasteiger partial charge is 0.267 e. The third kappa shape index (κ3) is 4.28. The Morgan fingerprint density at radius 3 is 2.61 bits per heavy atom. The average Bonchev–Trinajstić information content (AvgIpc) is 2.48. The zero-order valence-electron chi connectivity index (χ0n) is 11.9. The van der Waals surface area contributed by atoms with Crippen LogP contribution in [-0.4, -0.2) is 17.0 Å². The van der Waals surface area contributed by atoms with Gasteiger partial charge >= 0.3 is 0 Å². The van der Waals surface area contributed by atoms with Crippen LogP contribution >= 0.6 is 23.2 Å². The number of hydrogen-bond donors (Lipinski definition) is 1. The predicted octanol–water partition coefficient (Wildman–Crippen LogP) is 3.97. The Morgan fingerprint density at radius 2 is 2.00 bits per heavy atom. The molecule has 0 bridgehead atoms. The molecule has 8 heteroatoms. The maximum absolute atomic E-state index is 12.0. The second kappa shape index (κ2) is 7.21. The number of benzene rings is 2. The molecule has 2 rings (SSSR count). The van der Waals surface area contributed by atoms with Crippen molar-refractivity contribution in [3.05, 3.63) is 73.2 Å². The van der Waals surface area contributed by atoms with E-state index in [1.165, 1.54) is 24.4 Å². The number of nitrogens with one attached hydrogen (secondary N) is 1. The molecule has 0 atom stereocenters. The standard InChI is InChI=1S/C15H11Cl2N3O3/c1-9-6-10(3-5-14(9)20(22)23)15(21)19-18-8-11-2-4-12(16)7-13(11)17/h2-8H,1H3,(H,19,21)/b18-8+. The largest absolute Gasteiger partial charge is 0.272 e. The first-order chi connectivity index (χ1) is 10.9. The first-order valence-electron chi connectivity index (χ1n) is 6.42. The van der Waals surface area contributed by atoms with Crippen molar-refractivity contribution in [3.63, 3.8) is 0 Å². The fraction of sp³-hybridized carbons (Fsp3) is 0.0667. The molecular weight excluding hydrogens is 341 g/mol. The summed E-state index contributed by atoms with van der Waals surface area (Å²) in [7, 11) is 0. The van der Waals surface area contributed by atoms with Gasteiger partial charge in [0.05, 0.1) is 16.2 Å². The van der Waals surface area contributed by atoms with Crippen molar-refractivity contribution < 1.29 is 9.72 Å². The molecule has 0 heterocycles. The Morgan fingerprint density at radius 1 is 1.26 bits per heavy atom. The SMILES string of the molecule is Cc1cc(C(=O)N/N=C/c2ccc(Cl)cc2Cl)ccc1[N+](=O)[O-]. The minimum Gasteiger partial charge on any atom is -0.267 e. The molecule has 23 heavy (non-hydrogen) atoms. The minimum absolute atomic E-state index is 0.0435. The van der Waals surface area contributed by atoms with Crippen LogP contribution in [0.4, 0.5) is 5.69 Å². The molecule has 118 valence electrons. The van der Waals surface area contributed by atoms with Crippen molar-refractivity contribution in [2.45, 2.75) is 6.92 Å². The number of aryl methyl sites for hydroxylation is 1. The lowest BCUT2D eigenvalue weighted by molar-refractivity contribution is -0.385. The first kappa shape index (κ1) is 16.9. The van der Waals surface area contributed by atoms with Crippen LogP contribution in [0, 0.1) is 17.0 Å². The van der Waals surface area contributed by atoms with E-state index in [1.807, 2.05) is 0 Å². The number of amides is 1. The van der Waals surface area contributed by atoms with Crippen LogP contribution in [-0.2, 0) is 0 Å². The average molecular weight is 352 g/mol. The highest BCUT2D eigenvalue weighted by Crippen LogP contribution is 2.20. The highest BCUT2D eigenvalue weighted by Gasteiger charge is 2.13. The molecule has 0 unspecified atom stereocenters. The van der Waals surface area contributed by atoms with E-state index in [2.05, 4.69) is 10.5 Å². The van der Waals surface area contributed by atoms with Crippen molar-refractivity contribution in [1.82, 2.24) is 5.43 Å². The van der Waals surface area contributed by atoms with E-state index < -0.39 is 10.8 Å². The van der Waals surface area contributed by atoms with Crippen molar-refractivity contribution in [3.8, 4) is 0 Å². The van der Waals surface area contributed by atoms with Crippen LogP contribution in [0.5, 0.6) is 0 Å². The Kier molecular flexibility index (Phi) is 5.31. The van der Waals surface area contributed by atoms with E-state index >= 15 is 0 Å². The van der Waals surface area contributed by atoms with Gasteiger partial charge in [0.25, 0.3) is 11.6 Å². The van der Waals surface area contributed by atoms with E-state index in [0.717, 1.165) is 0 Å². The lowest BCUT2D eigenvalue weighted by Gasteiger charge is -2.02. The van der Waals surface area contributed by atoms with E-state index in [0.29, 0.717) is 21.2 Å². The summed E-state index contributed by atoms with van der Waals surface area (Å²) in [5, 5.41) is 15.5. The zero-order valence-corrected chi connectivity index (χ0v) is 13.4. The van der Waals surface area contributed by atoms with Crippen molar-refractivity contribution in [2.24, 2.45) is 5.10 Å². The van der Waals surface area contributed by atoms with Gasteiger partial charge in [0.15, 0.2) is 0 Å². The van der Waals surface area contributed by atoms with Gasteiger partial charge in [-0.2, -0.15) is 5.10 Å². The summed E-state index contributed by atoms with van der Waals surface area (Å²) < 4.78 is 0. The van der Waals surface area contributed by atoms with E-state index in [-0.39, 0.29) is 11.3 Å². The molecule has 0 aliphatic rings. The molecule has 1 amide bonds. The number of rotatable bonds is 4. The molecule has 0 saturated carbocycles. The number of nitro groups is 1. The Labute approximate surface area is 141 Å². The van der Waals surface area contributed by atoms with Gasteiger partial charge in [-0.1, -0.05) is 29.3 Å². The molecule has 0 spiro atoms. The fourth-order valence-corrected chi connectivity index (χ4v) is 2.29. The lowest BCUT2D eigenvalue weighted by atomic mass is 10.1. The molecule has 0 aromatic heterocycles. The molecule has 0 aliphatic carbocycles. The molecule has 0 radical (unpaired) electrons. The van der Waals surface area contributed by atoms with E-state index in [1.54, 1.807) is 25.1 Å². The normalized spacial score (nSPS) is 10.7. The Balaban J connectivity index is 2.09. The van der Waals surface area contributed by atoms with Crippen LogP contribution in [0.15, 0.2) is 41.5 Å². The molecule has 0 fully saturated rings. The Bertz CT molecular complexity index is 807. The van der Waals surface area contributed by atoms with Gasteiger partial charge in [-0.15, -0.1) is 0 Å². The zero-order chi connectivity index (χ0) is 17.0. The molecule has 1 N–H and O–H groups in total. The van der Waals surface area contributed by atoms with Crippen LogP contribution in [0.1, 0.15) is 21.5 Å². The minimum atomic E-state index is -0.502. The van der Waals surface area contributed by atoms with E-state index in [4.69, 9.17) is 23.2 Å². The van der Waals surface area contributed by atoms with Gasteiger partial charge in [-0.25, -0.2) is 5.43 Å². The van der Waals surface area contributed by atoms with Crippen LogP contribution in [0.3, 0.4) is 0 Å². The number of nitrogens with zero attached hydrogens (tertiary/aromatic N) is 2. The maximum Gasteiger partial charge on any atom is 0.272 e. The summed E-state index contributed by atoms with van der Waals surface area (Å²) in [6.45, 7) is 1.56. The van der Waals surface area contributed by atoms with Gasteiger partial charge in [-0.3, -0.25) is 14.9 Å². The summed E-state index contributed by atoms with van der Waals surface area (Å²) in [5.74, 6) is -0.482. The van der Waals surface area contributed by atoms with Gasteiger partial charge in [0.2, 0.25) is 0 Å². The summed E-state index contributed by atoms with van der Waals surface area (Å²) in [5.41, 5.74) is 3.55. The summed E-state index contributed by atoms with van der Waals surface area (Å²) in [4.78, 5) is 22.2. The molecule has 0 saturated heterocycles.